The highest BCUT2D eigenvalue weighted by Crippen LogP contribution is 2.41. The first-order valence-electron chi connectivity index (χ1n) is 9.99. The maximum Gasteiger partial charge on any atom is 0.295 e. The number of aryl methyl sites for hydroxylation is 1. The van der Waals surface area contributed by atoms with E-state index in [1.165, 1.54) is 18.1 Å². The Morgan fingerprint density at radius 2 is 2.03 bits per heavy atom. The lowest BCUT2D eigenvalue weighted by Crippen LogP contribution is -2.31. The molecule has 32 heavy (non-hydrogen) atoms. The molecule has 1 aliphatic heterocycles. The Morgan fingerprint density at radius 3 is 2.72 bits per heavy atom. The number of ether oxygens (including phenoxy) is 1. The van der Waals surface area contributed by atoms with E-state index in [9.17, 15) is 14.7 Å². The molecule has 0 radical (unpaired) electrons. The van der Waals surface area contributed by atoms with Crippen LogP contribution in [0.1, 0.15) is 23.6 Å². The maximum atomic E-state index is 13.1. The van der Waals surface area contributed by atoms with Crippen molar-refractivity contribution < 1.29 is 19.4 Å². The molecule has 1 N–H and O–H groups in total. The van der Waals surface area contributed by atoms with Gasteiger partial charge in [0.2, 0.25) is 0 Å². The Labute approximate surface area is 189 Å². The number of pyridine rings is 1. The van der Waals surface area contributed by atoms with Gasteiger partial charge in [0.15, 0.2) is 0 Å². The lowest BCUT2D eigenvalue weighted by Gasteiger charge is -2.25. The molecule has 4 rings (SSSR count). The third kappa shape index (κ3) is 4.09. The summed E-state index contributed by atoms with van der Waals surface area (Å²) in [6, 6.07) is 7.43. The van der Waals surface area contributed by atoms with Crippen LogP contribution in [0, 0.1) is 0 Å². The number of ketones is 1. The molecule has 8 nitrogen and oxygen atoms in total. The molecular formula is C23H21ClN4O4. The van der Waals surface area contributed by atoms with Gasteiger partial charge in [-0.15, -0.1) is 0 Å². The highest BCUT2D eigenvalue weighted by molar-refractivity contribution is 6.46. The standard InChI is InChI=1S/C23H21ClN4O4/c1-32-18-6-5-16(24)12-17(18)21(29)19-20(15-4-2-7-25-13-15)28(23(31)22(19)30)10-3-9-27-11-8-26-14-27/h2,4-8,11-14,20,29H,3,9-10H2,1H3/b21-19+. The van der Waals surface area contributed by atoms with E-state index in [0.717, 1.165) is 0 Å². The lowest BCUT2D eigenvalue weighted by atomic mass is 9.96. The Morgan fingerprint density at radius 1 is 1.19 bits per heavy atom. The fourth-order valence-corrected chi connectivity index (χ4v) is 4.02. The molecule has 3 heterocycles. The number of imidazole rings is 1. The van der Waals surface area contributed by atoms with Crippen LogP contribution in [0.5, 0.6) is 5.75 Å². The highest BCUT2D eigenvalue weighted by atomic mass is 35.5. The van der Waals surface area contributed by atoms with Crippen LogP contribution in [-0.2, 0) is 16.1 Å². The SMILES string of the molecule is COc1ccc(Cl)cc1/C(O)=C1\C(=O)C(=O)N(CCCn2ccnc2)C1c1cccnc1. The molecule has 1 fully saturated rings. The third-order valence-corrected chi connectivity index (χ3v) is 5.57. The van der Waals surface area contributed by atoms with Crippen molar-refractivity contribution in [2.24, 2.45) is 0 Å². The van der Waals surface area contributed by atoms with E-state index in [1.54, 1.807) is 49.2 Å². The number of likely N-dealkylation sites (tertiary alicyclic amines) is 1. The van der Waals surface area contributed by atoms with Crippen LogP contribution >= 0.6 is 11.6 Å². The summed E-state index contributed by atoms with van der Waals surface area (Å²) in [5, 5.41) is 11.5. The Kier molecular flexibility index (Phi) is 6.23. The predicted octanol–water partition coefficient (Wildman–Crippen LogP) is 3.45. The molecule has 1 aromatic carbocycles. The summed E-state index contributed by atoms with van der Waals surface area (Å²) in [6.45, 7) is 0.941. The van der Waals surface area contributed by atoms with Crippen LogP contribution in [0.15, 0.2) is 67.0 Å². The summed E-state index contributed by atoms with van der Waals surface area (Å²) >= 11 is 6.12. The molecule has 1 aliphatic rings. The molecule has 1 atom stereocenters. The van der Waals surface area contributed by atoms with Crippen molar-refractivity contribution in [2.45, 2.75) is 19.0 Å². The number of methoxy groups -OCH3 is 1. The van der Waals surface area contributed by atoms with Crippen molar-refractivity contribution in [3.05, 3.63) is 83.2 Å². The average molecular weight is 453 g/mol. The highest BCUT2D eigenvalue weighted by Gasteiger charge is 2.46. The summed E-state index contributed by atoms with van der Waals surface area (Å²) in [5.74, 6) is -1.44. The molecule has 164 valence electrons. The number of amides is 1. The summed E-state index contributed by atoms with van der Waals surface area (Å²) in [6.07, 6.45) is 8.99. The Balaban J connectivity index is 1.76. The third-order valence-electron chi connectivity index (χ3n) is 5.33. The number of Topliss-reactive ketones (excluding diaryl/α,β-unsaturated/α-hetero) is 1. The van der Waals surface area contributed by atoms with E-state index in [-0.39, 0.29) is 16.9 Å². The topological polar surface area (TPSA) is 97.6 Å². The quantitative estimate of drug-likeness (QED) is 0.335. The van der Waals surface area contributed by atoms with E-state index >= 15 is 0 Å². The van der Waals surface area contributed by atoms with E-state index in [0.29, 0.717) is 35.8 Å². The second-order valence-electron chi connectivity index (χ2n) is 7.28. The first-order chi connectivity index (χ1) is 15.5. The number of aromatic nitrogens is 3. The first kappa shape index (κ1) is 21.6. The second kappa shape index (κ2) is 9.23. The van der Waals surface area contributed by atoms with Crippen molar-refractivity contribution >= 4 is 29.1 Å². The minimum absolute atomic E-state index is 0.0220. The number of aliphatic hydroxyl groups is 1. The number of hydrogen-bond donors (Lipinski definition) is 1. The van der Waals surface area contributed by atoms with E-state index in [4.69, 9.17) is 16.3 Å². The Bertz CT molecular complexity index is 1160. The smallest absolute Gasteiger partial charge is 0.295 e. The van der Waals surface area contributed by atoms with Gasteiger partial charge in [0.1, 0.15) is 11.5 Å². The lowest BCUT2D eigenvalue weighted by molar-refractivity contribution is -0.139. The zero-order valence-electron chi connectivity index (χ0n) is 17.3. The number of aliphatic hydroxyl groups excluding tert-OH is 1. The molecule has 3 aromatic rings. The zero-order chi connectivity index (χ0) is 22.7. The van der Waals surface area contributed by atoms with Crippen molar-refractivity contribution in [1.82, 2.24) is 19.4 Å². The molecule has 2 aromatic heterocycles. The van der Waals surface area contributed by atoms with Gasteiger partial charge < -0.3 is 19.3 Å². The van der Waals surface area contributed by atoms with Crippen molar-refractivity contribution in [2.75, 3.05) is 13.7 Å². The fraction of sp³-hybridized carbons (Fsp3) is 0.217. The molecule has 1 unspecified atom stereocenters. The van der Waals surface area contributed by atoms with Crippen LogP contribution in [0.4, 0.5) is 0 Å². The Hall–Kier alpha value is -3.65. The minimum Gasteiger partial charge on any atom is -0.507 e. The first-order valence-corrected chi connectivity index (χ1v) is 10.4. The summed E-state index contributed by atoms with van der Waals surface area (Å²) in [5.41, 5.74) is 0.841. The van der Waals surface area contributed by atoms with E-state index in [2.05, 4.69) is 9.97 Å². The van der Waals surface area contributed by atoms with Crippen LogP contribution < -0.4 is 4.74 Å². The summed E-state index contributed by atoms with van der Waals surface area (Å²) in [4.78, 5) is 35.7. The number of rotatable bonds is 7. The second-order valence-corrected chi connectivity index (χ2v) is 7.71. The van der Waals surface area contributed by atoms with Crippen LogP contribution in [0.25, 0.3) is 5.76 Å². The summed E-state index contributed by atoms with van der Waals surface area (Å²) in [7, 11) is 1.45. The van der Waals surface area contributed by atoms with Crippen LogP contribution in [0.3, 0.4) is 0 Å². The zero-order valence-corrected chi connectivity index (χ0v) is 18.1. The number of halogens is 1. The van der Waals surface area contributed by atoms with Gasteiger partial charge in [-0.05, 0) is 36.2 Å². The van der Waals surface area contributed by atoms with Crippen molar-refractivity contribution in [1.29, 1.82) is 0 Å². The van der Waals surface area contributed by atoms with E-state index < -0.39 is 17.7 Å². The monoisotopic (exact) mass is 452 g/mol. The van der Waals surface area contributed by atoms with Gasteiger partial charge in [-0.25, -0.2) is 4.98 Å². The van der Waals surface area contributed by atoms with Gasteiger partial charge >= 0.3 is 0 Å². The molecule has 0 spiro atoms. The average Bonchev–Trinajstić information content (AvgIpc) is 3.41. The molecule has 0 aliphatic carbocycles. The summed E-state index contributed by atoms with van der Waals surface area (Å²) < 4.78 is 7.23. The number of carbonyl (C=O) groups excluding carboxylic acids is 2. The van der Waals surface area contributed by atoms with Gasteiger partial charge in [-0.2, -0.15) is 0 Å². The van der Waals surface area contributed by atoms with Crippen molar-refractivity contribution in [3.63, 3.8) is 0 Å². The number of carbonyl (C=O) groups is 2. The van der Waals surface area contributed by atoms with Gasteiger partial charge in [0, 0.05) is 42.9 Å². The molecule has 0 bridgehead atoms. The predicted molar refractivity (Wildman–Crippen MR) is 118 cm³/mol. The number of hydrogen-bond acceptors (Lipinski definition) is 6. The van der Waals surface area contributed by atoms with Crippen LogP contribution in [-0.4, -0.2) is 49.9 Å². The minimum atomic E-state index is -0.782. The molecule has 1 amide bonds. The van der Waals surface area contributed by atoms with Gasteiger partial charge in [-0.3, -0.25) is 14.6 Å². The molecular weight excluding hydrogens is 432 g/mol. The number of nitrogens with zero attached hydrogens (tertiary/aromatic N) is 4. The van der Waals surface area contributed by atoms with Gasteiger partial charge in [0.25, 0.3) is 11.7 Å². The molecule has 9 heteroatoms. The van der Waals surface area contributed by atoms with E-state index in [1.807, 2.05) is 10.8 Å². The van der Waals surface area contributed by atoms with Crippen LogP contribution in [0.2, 0.25) is 5.02 Å². The normalized spacial score (nSPS) is 17.7. The van der Waals surface area contributed by atoms with Gasteiger partial charge in [-0.1, -0.05) is 17.7 Å². The maximum absolute atomic E-state index is 13.1. The largest absolute Gasteiger partial charge is 0.507 e. The fourth-order valence-electron chi connectivity index (χ4n) is 3.85. The molecule has 0 saturated carbocycles. The van der Waals surface area contributed by atoms with Gasteiger partial charge in [0.05, 0.1) is 30.6 Å². The van der Waals surface area contributed by atoms with Crippen molar-refractivity contribution in [3.8, 4) is 5.75 Å². The molecule has 1 saturated heterocycles. The number of benzene rings is 1.